The second-order valence-electron chi connectivity index (χ2n) is 6.60. The lowest BCUT2D eigenvalue weighted by atomic mass is 10.2. The van der Waals surface area contributed by atoms with Gasteiger partial charge in [0.1, 0.15) is 42.1 Å². The summed E-state index contributed by atoms with van der Waals surface area (Å²) in [6, 6.07) is 14.5. The molecule has 2 heterocycles. The molecular formula is C22H14ClN3O6. The molecule has 2 aromatic carbocycles. The second kappa shape index (κ2) is 8.83. The molecule has 1 amide bonds. The van der Waals surface area contributed by atoms with Crippen LogP contribution in [0.3, 0.4) is 0 Å². The summed E-state index contributed by atoms with van der Waals surface area (Å²) in [7, 11) is 0. The van der Waals surface area contributed by atoms with Crippen LogP contribution < -0.4 is 14.8 Å². The first kappa shape index (κ1) is 21.0. The Labute approximate surface area is 186 Å². The van der Waals surface area contributed by atoms with Crippen molar-refractivity contribution in [1.82, 2.24) is 0 Å². The number of rotatable bonds is 5. The number of furan rings is 1. The Morgan fingerprint density at radius 3 is 2.47 bits per heavy atom. The monoisotopic (exact) mass is 451 g/mol. The van der Waals surface area contributed by atoms with Crippen LogP contribution >= 0.6 is 11.6 Å². The highest BCUT2D eigenvalue weighted by Gasteiger charge is 2.24. The molecule has 0 radical (unpaired) electrons. The molecule has 0 unspecified atom stereocenters. The van der Waals surface area contributed by atoms with E-state index in [1.54, 1.807) is 42.5 Å². The van der Waals surface area contributed by atoms with Gasteiger partial charge in [0.05, 0.1) is 11.0 Å². The molecule has 4 rings (SSSR count). The fourth-order valence-corrected chi connectivity index (χ4v) is 3.14. The average molecular weight is 452 g/mol. The summed E-state index contributed by atoms with van der Waals surface area (Å²) in [5.41, 5.74) is -0.0373. The van der Waals surface area contributed by atoms with Gasteiger partial charge in [-0.1, -0.05) is 11.6 Å². The van der Waals surface area contributed by atoms with E-state index in [1.807, 2.05) is 0 Å². The van der Waals surface area contributed by atoms with Gasteiger partial charge in [-0.15, -0.1) is 0 Å². The standard InChI is InChI=1S/C22H14ClN3O6/c23-15-3-1-13(2-4-15)19-6-5-16(32-19)9-14(12-24)22(27)25-17-10-20-21(31-8-7-30-20)11-18(17)26(28)29/h1-6,9-11H,7-8H2,(H,25,27)/b14-9+. The number of hydrogen-bond donors (Lipinski definition) is 1. The maximum atomic E-state index is 12.7. The Morgan fingerprint density at radius 1 is 1.12 bits per heavy atom. The zero-order valence-corrected chi connectivity index (χ0v) is 17.1. The van der Waals surface area contributed by atoms with Gasteiger partial charge >= 0.3 is 0 Å². The van der Waals surface area contributed by atoms with Crippen LogP contribution in [-0.2, 0) is 4.79 Å². The van der Waals surface area contributed by atoms with E-state index in [0.717, 1.165) is 5.56 Å². The Bertz CT molecular complexity index is 1270. The maximum absolute atomic E-state index is 12.7. The molecular weight excluding hydrogens is 438 g/mol. The van der Waals surface area contributed by atoms with Crippen LogP contribution in [0.1, 0.15) is 5.76 Å². The number of carbonyl (C=O) groups is 1. The van der Waals surface area contributed by atoms with Gasteiger partial charge in [-0.2, -0.15) is 5.26 Å². The Hall–Kier alpha value is -4.29. The summed E-state index contributed by atoms with van der Waals surface area (Å²) in [6.45, 7) is 0.536. The van der Waals surface area contributed by atoms with Crippen molar-refractivity contribution in [2.75, 3.05) is 18.5 Å². The number of benzene rings is 2. The number of nitrogens with one attached hydrogen (secondary N) is 1. The lowest BCUT2D eigenvalue weighted by Gasteiger charge is -2.19. The zero-order chi connectivity index (χ0) is 22.7. The number of carbonyl (C=O) groups excluding carboxylic acids is 1. The molecule has 10 heteroatoms. The Balaban J connectivity index is 1.59. The minimum Gasteiger partial charge on any atom is -0.486 e. The van der Waals surface area contributed by atoms with Gasteiger partial charge < -0.3 is 19.2 Å². The number of nitriles is 1. The van der Waals surface area contributed by atoms with Crippen LogP contribution in [-0.4, -0.2) is 24.0 Å². The summed E-state index contributed by atoms with van der Waals surface area (Å²) in [6.07, 6.45) is 1.25. The van der Waals surface area contributed by atoms with Crippen molar-refractivity contribution >= 4 is 35.0 Å². The van der Waals surface area contributed by atoms with Crippen LogP contribution in [0.15, 0.2) is 58.5 Å². The van der Waals surface area contributed by atoms with E-state index in [-0.39, 0.29) is 47.4 Å². The summed E-state index contributed by atoms with van der Waals surface area (Å²) in [5, 5.41) is 23.9. The number of anilines is 1. The van der Waals surface area contributed by atoms with Gasteiger partial charge in [-0.05, 0) is 36.4 Å². The molecule has 1 N–H and O–H groups in total. The van der Waals surface area contributed by atoms with E-state index in [0.29, 0.717) is 10.8 Å². The summed E-state index contributed by atoms with van der Waals surface area (Å²) >= 11 is 5.89. The molecule has 160 valence electrons. The molecule has 3 aromatic rings. The number of amides is 1. The first-order valence-corrected chi connectivity index (χ1v) is 9.69. The topological polar surface area (TPSA) is 128 Å². The van der Waals surface area contributed by atoms with Crippen molar-refractivity contribution < 1.29 is 23.6 Å². The third kappa shape index (κ3) is 4.40. The van der Waals surface area contributed by atoms with Gasteiger partial charge in [0.15, 0.2) is 11.5 Å². The third-order valence-electron chi connectivity index (χ3n) is 4.51. The molecule has 0 fully saturated rings. The van der Waals surface area contributed by atoms with Crippen molar-refractivity contribution in [3.8, 4) is 28.9 Å². The first-order valence-electron chi connectivity index (χ1n) is 9.31. The molecule has 0 bridgehead atoms. The van der Waals surface area contributed by atoms with Crippen molar-refractivity contribution in [3.63, 3.8) is 0 Å². The molecule has 0 saturated carbocycles. The van der Waals surface area contributed by atoms with Crippen LogP contribution in [0, 0.1) is 21.4 Å². The molecule has 9 nitrogen and oxygen atoms in total. The van der Waals surface area contributed by atoms with Crippen molar-refractivity contribution in [2.45, 2.75) is 0 Å². The number of hydrogen-bond acceptors (Lipinski definition) is 7. The van der Waals surface area contributed by atoms with Gasteiger partial charge in [0, 0.05) is 22.7 Å². The predicted octanol–water partition coefficient (Wildman–Crippen LogP) is 4.83. The molecule has 1 aliphatic heterocycles. The highest BCUT2D eigenvalue weighted by molar-refractivity contribution is 6.30. The fraction of sp³-hybridized carbons (Fsp3) is 0.0909. The van der Waals surface area contributed by atoms with Crippen LogP contribution in [0.2, 0.25) is 5.02 Å². The van der Waals surface area contributed by atoms with E-state index in [1.165, 1.54) is 18.2 Å². The van der Waals surface area contributed by atoms with E-state index in [9.17, 15) is 20.2 Å². The normalized spacial score (nSPS) is 12.7. The molecule has 0 saturated heterocycles. The molecule has 0 spiro atoms. The molecule has 0 aliphatic carbocycles. The quantitative estimate of drug-likeness (QED) is 0.255. The van der Waals surface area contributed by atoms with Crippen molar-refractivity contribution in [3.05, 3.63) is 75.0 Å². The smallest absolute Gasteiger partial charge is 0.296 e. The minimum absolute atomic E-state index is 0.119. The third-order valence-corrected chi connectivity index (χ3v) is 4.76. The highest BCUT2D eigenvalue weighted by atomic mass is 35.5. The Morgan fingerprint density at radius 2 is 1.81 bits per heavy atom. The number of fused-ring (bicyclic) bond motifs is 1. The fourth-order valence-electron chi connectivity index (χ4n) is 3.01. The molecule has 1 aliphatic rings. The summed E-state index contributed by atoms with van der Waals surface area (Å²) < 4.78 is 16.4. The van der Waals surface area contributed by atoms with Crippen LogP contribution in [0.25, 0.3) is 17.4 Å². The van der Waals surface area contributed by atoms with E-state index in [2.05, 4.69) is 5.32 Å². The largest absolute Gasteiger partial charge is 0.486 e. The van der Waals surface area contributed by atoms with Crippen molar-refractivity contribution in [1.29, 1.82) is 5.26 Å². The molecule has 0 atom stereocenters. The number of nitro groups is 1. The number of halogens is 1. The number of nitro benzene ring substituents is 1. The number of nitrogens with zero attached hydrogens (tertiary/aromatic N) is 2. The van der Waals surface area contributed by atoms with Gasteiger partial charge in [-0.25, -0.2) is 0 Å². The summed E-state index contributed by atoms with van der Waals surface area (Å²) in [5.74, 6) is 0.420. The first-order chi connectivity index (χ1) is 15.4. The van der Waals surface area contributed by atoms with E-state index < -0.39 is 10.8 Å². The number of ether oxygens (including phenoxy) is 2. The lowest BCUT2D eigenvalue weighted by Crippen LogP contribution is -2.18. The van der Waals surface area contributed by atoms with Crippen molar-refractivity contribution in [2.24, 2.45) is 0 Å². The van der Waals surface area contributed by atoms with Crippen LogP contribution in [0.4, 0.5) is 11.4 Å². The van der Waals surface area contributed by atoms with E-state index in [4.69, 9.17) is 25.5 Å². The highest BCUT2D eigenvalue weighted by Crippen LogP contribution is 2.39. The minimum atomic E-state index is -0.836. The molecule has 32 heavy (non-hydrogen) atoms. The zero-order valence-electron chi connectivity index (χ0n) is 16.3. The summed E-state index contributed by atoms with van der Waals surface area (Å²) in [4.78, 5) is 23.4. The van der Waals surface area contributed by atoms with Gasteiger partial charge in [0.25, 0.3) is 11.6 Å². The van der Waals surface area contributed by atoms with Crippen LogP contribution in [0.5, 0.6) is 11.5 Å². The van der Waals surface area contributed by atoms with E-state index >= 15 is 0 Å². The lowest BCUT2D eigenvalue weighted by molar-refractivity contribution is -0.384. The second-order valence-corrected chi connectivity index (χ2v) is 7.04. The van der Waals surface area contributed by atoms with Gasteiger partial charge in [-0.3, -0.25) is 14.9 Å². The Kier molecular flexibility index (Phi) is 5.79. The maximum Gasteiger partial charge on any atom is 0.296 e. The predicted molar refractivity (Wildman–Crippen MR) is 115 cm³/mol. The average Bonchev–Trinajstić information content (AvgIpc) is 3.26. The SMILES string of the molecule is N#C/C(=C\c1ccc(-c2ccc(Cl)cc2)o1)C(=O)Nc1cc2c(cc1[N+](=O)[O-])OCCO2. The molecule has 1 aromatic heterocycles. The van der Waals surface area contributed by atoms with Gasteiger partial charge in [0.2, 0.25) is 0 Å².